The third-order valence-corrected chi connectivity index (χ3v) is 12.5. The summed E-state index contributed by atoms with van der Waals surface area (Å²) in [7, 11) is 0. The van der Waals surface area contributed by atoms with Gasteiger partial charge in [0.2, 0.25) is 11.8 Å². The Labute approximate surface area is 360 Å². The Morgan fingerprint density at radius 2 is 1.61 bits per heavy atom. The second kappa shape index (κ2) is 17.2. The summed E-state index contributed by atoms with van der Waals surface area (Å²) in [6, 6.07) is 18.9. The fourth-order valence-corrected chi connectivity index (χ4v) is 9.63. The van der Waals surface area contributed by atoms with E-state index in [4.69, 9.17) is 23.8 Å². The number of rotatable bonds is 14. The molecule has 9 atom stereocenters. The van der Waals surface area contributed by atoms with E-state index in [1.807, 2.05) is 72.8 Å². The molecule has 330 valence electrons. The number of aromatic hydroxyl groups is 1. The van der Waals surface area contributed by atoms with Crippen molar-refractivity contribution in [3.63, 3.8) is 0 Å². The van der Waals surface area contributed by atoms with Gasteiger partial charge in [-0.3, -0.25) is 24.0 Å². The van der Waals surface area contributed by atoms with E-state index in [1.165, 1.54) is 12.0 Å². The van der Waals surface area contributed by atoms with Crippen molar-refractivity contribution < 1.29 is 58.3 Å². The second-order valence-corrected chi connectivity index (χ2v) is 18.1. The number of fused-ring (bicyclic) bond motifs is 5. The number of nitrogens with zero attached hydrogens (tertiary/aromatic N) is 1. The van der Waals surface area contributed by atoms with Crippen LogP contribution >= 0.6 is 0 Å². The third-order valence-electron chi connectivity index (χ3n) is 12.5. The van der Waals surface area contributed by atoms with Crippen LogP contribution in [-0.2, 0) is 68.8 Å². The topological polar surface area (TPSA) is 202 Å². The molecule has 5 aliphatic rings. The maximum atomic E-state index is 15.2. The molecular weight excluding hydrogens is 799 g/mol. The smallest absolute Gasteiger partial charge is 0.327 e. The van der Waals surface area contributed by atoms with E-state index in [0.717, 1.165) is 27.8 Å². The monoisotopic (exact) mass is 853 g/mol. The van der Waals surface area contributed by atoms with Crippen LogP contribution in [0.1, 0.15) is 74.8 Å². The van der Waals surface area contributed by atoms with Gasteiger partial charge < -0.3 is 44.9 Å². The molecule has 2 aliphatic carbocycles. The molecule has 3 saturated heterocycles. The van der Waals surface area contributed by atoms with Crippen molar-refractivity contribution in [1.29, 1.82) is 0 Å². The van der Waals surface area contributed by atoms with Crippen LogP contribution in [-0.4, -0.2) is 111 Å². The number of hydrogen-bond donors (Lipinski definition) is 5. The van der Waals surface area contributed by atoms with Crippen molar-refractivity contribution in [1.82, 2.24) is 15.7 Å². The number of para-hydroxylation sites is 1. The van der Waals surface area contributed by atoms with Gasteiger partial charge in [-0.25, -0.2) is 0 Å². The summed E-state index contributed by atoms with van der Waals surface area (Å²) in [4.78, 5) is 62.6. The summed E-state index contributed by atoms with van der Waals surface area (Å²) in [6.07, 6.45) is 0.117. The third kappa shape index (κ3) is 8.49. The molecule has 3 aliphatic heterocycles. The zero-order chi connectivity index (χ0) is 44.0. The summed E-state index contributed by atoms with van der Waals surface area (Å²) < 4.78 is 25.1. The fraction of sp³-hybridized carbons (Fsp3) is 0.489. The molecule has 5 N–H and O–H groups in total. The first-order chi connectivity index (χ1) is 29.6. The van der Waals surface area contributed by atoms with Gasteiger partial charge in [0.15, 0.2) is 11.8 Å². The number of hydroxylamine groups is 2. The lowest BCUT2D eigenvalue weighted by atomic mass is 9.62. The highest BCUT2D eigenvalue weighted by molar-refractivity contribution is 5.96. The lowest BCUT2D eigenvalue weighted by molar-refractivity contribution is -0.217. The van der Waals surface area contributed by atoms with Crippen molar-refractivity contribution in [3.8, 4) is 5.75 Å². The Bertz CT molecular complexity index is 2200. The number of benzene rings is 3. The zero-order valence-electron chi connectivity index (χ0n) is 35.3. The molecule has 15 heteroatoms. The quantitative estimate of drug-likeness (QED) is 0.148. The number of allylic oxidation sites excluding steroid dienone is 1. The van der Waals surface area contributed by atoms with Crippen molar-refractivity contribution in [2.45, 2.75) is 133 Å². The number of ether oxygens (including phenoxy) is 4. The minimum Gasteiger partial charge on any atom is -0.508 e. The molecule has 8 rings (SSSR count). The Kier molecular flexibility index (Phi) is 12.1. The van der Waals surface area contributed by atoms with E-state index in [1.54, 1.807) is 32.9 Å². The Balaban J connectivity index is 1.08. The number of esters is 2. The highest BCUT2D eigenvalue weighted by Crippen LogP contribution is 2.58. The van der Waals surface area contributed by atoms with E-state index in [2.05, 4.69) is 10.6 Å². The van der Waals surface area contributed by atoms with Crippen LogP contribution in [0.25, 0.3) is 6.08 Å². The molecule has 2 amide bonds. The molecular formula is C47H55N3O12. The van der Waals surface area contributed by atoms with Gasteiger partial charge in [-0.05, 0) is 74.4 Å². The standard InChI is InChI=1S/C47H55N3O12/c1-27(52)37(42(55)48-33(26-51)20-21-36(54)59-45(2,3)4)49-44(57)47-24-35-38-39(61-46(60-38)22-30-14-6-7-15-31(30)23-46)41(47)62-50(40(47)43(56)58-35)25-32-16-8-5-12-28(32)17-11-18-29-13-9-10-19-34(29)53/h5-17,19,27,33,35,37-41,51-53H,18,20-26H2,1-4H3,(H,48,55)(H,49,57)/t27-,33-,35+,37+,38-,39-,40-,41+,47-/m0/s1. The van der Waals surface area contributed by atoms with Gasteiger partial charge in [0.1, 0.15) is 47.2 Å². The number of aliphatic hydroxyl groups excluding tert-OH is 2. The second-order valence-electron chi connectivity index (χ2n) is 18.1. The zero-order valence-corrected chi connectivity index (χ0v) is 35.3. The number of aliphatic hydroxyl groups is 2. The van der Waals surface area contributed by atoms with Crippen LogP contribution in [0, 0.1) is 5.41 Å². The van der Waals surface area contributed by atoms with Gasteiger partial charge in [-0.1, -0.05) is 78.9 Å². The average Bonchev–Trinajstić information content (AvgIpc) is 3.90. The molecule has 3 heterocycles. The number of carbonyl (C=O) groups is 4. The Morgan fingerprint density at radius 3 is 2.29 bits per heavy atom. The molecule has 0 radical (unpaired) electrons. The molecule has 15 nitrogen and oxygen atoms in total. The van der Waals surface area contributed by atoms with Crippen LogP contribution in [0.3, 0.4) is 0 Å². The highest BCUT2D eigenvalue weighted by atomic mass is 16.8. The highest BCUT2D eigenvalue weighted by Gasteiger charge is 2.76. The molecule has 1 saturated carbocycles. The molecule has 2 bridgehead atoms. The predicted molar refractivity (Wildman–Crippen MR) is 222 cm³/mol. The lowest BCUT2D eigenvalue weighted by Gasteiger charge is -2.49. The number of phenols is 1. The lowest BCUT2D eigenvalue weighted by Crippen LogP contribution is -2.71. The molecule has 0 aromatic heterocycles. The van der Waals surface area contributed by atoms with Gasteiger partial charge >= 0.3 is 11.9 Å². The van der Waals surface area contributed by atoms with Crippen LogP contribution in [0.4, 0.5) is 0 Å². The van der Waals surface area contributed by atoms with Gasteiger partial charge in [0.05, 0.1) is 25.3 Å². The maximum absolute atomic E-state index is 15.2. The number of amides is 2. The van der Waals surface area contributed by atoms with Crippen molar-refractivity contribution in [2.75, 3.05) is 6.61 Å². The Hall–Kier alpha value is -5.16. The van der Waals surface area contributed by atoms with Crippen LogP contribution < -0.4 is 10.6 Å². The van der Waals surface area contributed by atoms with E-state index in [9.17, 15) is 29.7 Å². The molecule has 3 aromatic rings. The van der Waals surface area contributed by atoms with E-state index >= 15 is 4.79 Å². The van der Waals surface area contributed by atoms with Crippen LogP contribution in [0.15, 0.2) is 78.9 Å². The summed E-state index contributed by atoms with van der Waals surface area (Å²) >= 11 is 0. The molecule has 1 spiro atoms. The molecule has 0 unspecified atom stereocenters. The maximum Gasteiger partial charge on any atom is 0.327 e. The summed E-state index contributed by atoms with van der Waals surface area (Å²) in [5.74, 6) is -3.62. The first kappa shape index (κ1) is 43.5. The minimum atomic E-state index is -1.67. The predicted octanol–water partition coefficient (Wildman–Crippen LogP) is 3.19. The molecule has 3 aromatic carbocycles. The first-order valence-corrected chi connectivity index (χ1v) is 21.3. The van der Waals surface area contributed by atoms with E-state index in [-0.39, 0.29) is 31.6 Å². The van der Waals surface area contributed by atoms with Crippen molar-refractivity contribution in [2.24, 2.45) is 5.41 Å². The van der Waals surface area contributed by atoms with Gasteiger partial charge in [-0.2, -0.15) is 5.06 Å². The van der Waals surface area contributed by atoms with Crippen molar-refractivity contribution >= 4 is 29.8 Å². The number of carbonyl (C=O) groups excluding carboxylic acids is 4. The minimum absolute atomic E-state index is 0.0185. The van der Waals surface area contributed by atoms with Gasteiger partial charge in [0.25, 0.3) is 0 Å². The SMILES string of the molecule is C[C@H](O)[C@@H](NC(=O)[C@@]12C[C@H]3OC(=O)[C@@H]1N(Cc1ccccc1C=CCc1ccccc1O)O[C@@H]2[C@H]1OC2(Cc4ccccc4C2)O[C@H]13)C(=O)N[C@H](CO)CCC(=O)OC(C)(C)C. The summed E-state index contributed by atoms with van der Waals surface area (Å²) in [5, 5.41) is 38.3. The number of hydrogen-bond acceptors (Lipinski definition) is 13. The van der Waals surface area contributed by atoms with Crippen LogP contribution in [0.5, 0.6) is 5.75 Å². The fourth-order valence-electron chi connectivity index (χ4n) is 9.63. The van der Waals surface area contributed by atoms with Crippen LogP contribution in [0.2, 0.25) is 0 Å². The normalized spacial score (nSPS) is 27.3. The molecule has 4 fully saturated rings. The van der Waals surface area contributed by atoms with Gasteiger partial charge in [0, 0.05) is 25.7 Å². The first-order valence-electron chi connectivity index (χ1n) is 21.3. The molecule has 62 heavy (non-hydrogen) atoms. The van der Waals surface area contributed by atoms with Gasteiger partial charge in [-0.15, -0.1) is 0 Å². The van der Waals surface area contributed by atoms with Crippen molar-refractivity contribution in [3.05, 3.63) is 107 Å². The van der Waals surface area contributed by atoms with E-state index in [0.29, 0.717) is 19.3 Å². The Morgan fingerprint density at radius 1 is 0.952 bits per heavy atom. The number of nitrogens with one attached hydrogen (secondary N) is 2. The van der Waals surface area contributed by atoms with E-state index < -0.39 is 95.8 Å². The summed E-state index contributed by atoms with van der Waals surface area (Å²) in [5.41, 5.74) is 2.10. The largest absolute Gasteiger partial charge is 0.508 e. The summed E-state index contributed by atoms with van der Waals surface area (Å²) in [6.45, 7) is 6.09. The average molecular weight is 854 g/mol. The number of phenolic OH excluding ortho intramolecular Hbond substituents is 1.